The zero-order chi connectivity index (χ0) is 13.6. The maximum atomic E-state index is 4.24. The van der Waals surface area contributed by atoms with Crippen LogP contribution in [-0.2, 0) is 13.0 Å². The lowest BCUT2D eigenvalue weighted by Crippen LogP contribution is -2.25. The number of benzene rings is 1. The van der Waals surface area contributed by atoms with E-state index >= 15 is 0 Å². The largest absolute Gasteiger partial charge is 0.309 e. The van der Waals surface area contributed by atoms with Gasteiger partial charge in [0, 0.05) is 30.7 Å². The van der Waals surface area contributed by atoms with Gasteiger partial charge in [-0.15, -0.1) is 0 Å². The van der Waals surface area contributed by atoms with Crippen molar-refractivity contribution in [2.24, 2.45) is 0 Å². The molecule has 1 aromatic carbocycles. The van der Waals surface area contributed by atoms with Crippen molar-refractivity contribution in [2.75, 3.05) is 18.1 Å². The molecule has 1 N–H and O–H groups in total. The van der Waals surface area contributed by atoms with Crippen LogP contribution in [0.2, 0.25) is 0 Å². The molecule has 0 saturated heterocycles. The molecule has 1 aliphatic heterocycles. The van der Waals surface area contributed by atoms with Crippen molar-refractivity contribution in [1.29, 1.82) is 0 Å². The van der Waals surface area contributed by atoms with Crippen molar-refractivity contribution < 1.29 is 0 Å². The number of hydrogen-bond donors (Lipinski definition) is 1. The molecule has 0 amide bonds. The number of nitrogens with zero attached hydrogens (tertiary/aromatic N) is 2. The Balaban J connectivity index is 1.54. The number of aryl methyl sites for hydroxylation is 2. The highest BCUT2D eigenvalue weighted by Gasteiger charge is 2.17. The average Bonchev–Trinajstić information content (AvgIpc) is 2.91. The van der Waals surface area contributed by atoms with E-state index in [2.05, 4.69) is 46.4 Å². The summed E-state index contributed by atoms with van der Waals surface area (Å²) in [6, 6.07) is 11.4. The van der Waals surface area contributed by atoms with Crippen molar-refractivity contribution >= 4 is 11.8 Å². The molecular formula is C16H21N3S. The number of aromatic nitrogens is 2. The summed E-state index contributed by atoms with van der Waals surface area (Å²) in [6.07, 6.45) is 6.18. The van der Waals surface area contributed by atoms with Gasteiger partial charge in [-0.05, 0) is 42.3 Å². The van der Waals surface area contributed by atoms with Crippen molar-refractivity contribution in [2.45, 2.75) is 25.4 Å². The SMILES string of the molecule is c1ccc2c(c1)CCSCC2NCCCn1cccn1. The van der Waals surface area contributed by atoms with Gasteiger partial charge >= 0.3 is 0 Å². The number of fused-ring (bicyclic) bond motifs is 1. The van der Waals surface area contributed by atoms with E-state index in [9.17, 15) is 0 Å². The van der Waals surface area contributed by atoms with Crippen LogP contribution >= 0.6 is 11.8 Å². The van der Waals surface area contributed by atoms with E-state index in [4.69, 9.17) is 0 Å². The minimum atomic E-state index is 0.497. The third-order valence-electron chi connectivity index (χ3n) is 3.74. The van der Waals surface area contributed by atoms with Gasteiger partial charge in [0.1, 0.15) is 0 Å². The number of rotatable bonds is 5. The lowest BCUT2D eigenvalue weighted by Gasteiger charge is -2.19. The molecule has 3 nitrogen and oxygen atoms in total. The van der Waals surface area contributed by atoms with Gasteiger partial charge in [0.2, 0.25) is 0 Å². The van der Waals surface area contributed by atoms with Gasteiger partial charge in [-0.2, -0.15) is 16.9 Å². The fourth-order valence-corrected chi connectivity index (χ4v) is 3.76. The average molecular weight is 287 g/mol. The van der Waals surface area contributed by atoms with Crippen LogP contribution < -0.4 is 5.32 Å². The molecule has 20 heavy (non-hydrogen) atoms. The topological polar surface area (TPSA) is 29.9 Å². The van der Waals surface area contributed by atoms with E-state index in [1.165, 1.54) is 29.1 Å². The molecular weight excluding hydrogens is 266 g/mol. The van der Waals surface area contributed by atoms with E-state index in [0.29, 0.717) is 6.04 Å². The fraction of sp³-hybridized carbons (Fsp3) is 0.438. The van der Waals surface area contributed by atoms with Crippen LogP contribution in [-0.4, -0.2) is 27.8 Å². The highest BCUT2D eigenvalue weighted by atomic mass is 32.2. The first-order valence-electron chi connectivity index (χ1n) is 7.30. The minimum Gasteiger partial charge on any atom is -0.309 e. The van der Waals surface area contributed by atoms with E-state index < -0.39 is 0 Å². The van der Waals surface area contributed by atoms with Gasteiger partial charge in [-0.25, -0.2) is 0 Å². The summed E-state index contributed by atoms with van der Waals surface area (Å²) in [7, 11) is 0. The Bertz CT molecular complexity index is 524. The zero-order valence-electron chi connectivity index (χ0n) is 11.7. The maximum absolute atomic E-state index is 4.24. The second-order valence-electron chi connectivity index (χ2n) is 5.15. The van der Waals surface area contributed by atoms with Gasteiger partial charge in [0.05, 0.1) is 0 Å². The second kappa shape index (κ2) is 6.95. The lowest BCUT2D eigenvalue weighted by atomic mass is 10.00. The van der Waals surface area contributed by atoms with Crippen LogP contribution in [0.5, 0.6) is 0 Å². The molecule has 0 aliphatic carbocycles. The molecule has 1 aromatic heterocycles. The molecule has 1 atom stereocenters. The zero-order valence-corrected chi connectivity index (χ0v) is 12.5. The molecule has 0 fully saturated rings. The molecule has 3 rings (SSSR count). The Morgan fingerprint density at radius 1 is 1.30 bits per heavy atom. The molecule has 0 saturated carbocycles. The Morgan fingerprint density at radius 3 is 3.15 bits per heavy atom. The molecule has 0 spiro atoms. The van der Waals surface area contributed by atoms with Crippen LogP contribution in [0.1, 0.15) is 23.6 Å². The highest BCUT2D eigenvalue weighted by molar-refractivity contribution is 7.99. The summed E-state index contributed by atoms with van der Waals surface area (Å²) < 4.78 is 2.00. The Kier molecular flexibility index (Phi) is 4.77. The Labute approximate surface area is 124 Å². The summed E-state index contributed by atoms with van der Waals surface area (Å²) in [5, 5.41) is 7.95. The molecule has 106 valence electrons. The number of thioether (sulfide) groups is 1. The first-order chi connectivity index (χ1) is 9.93. The second-order valence-corrected chi connectivity index (χ2v) is 6.30. The van der Waals surface area contributed by atoms with Gasteiger partial charge in [-0.3, -0.25) is 4.68 Å². The van der Waals surface area contributed by atoms with Crippen LogP contribution in [0.3, 0.4) is 0 Å². The van der Waals surface area contributed by atoms with Crippen LogP contribution in [0.15, 0.2) is 42.7 Å². The summed E-state index contributed by atoms with van der Waals surface area (Å²) in [5.41, 5.74) is 3.01. The number of nitrogens with one attached hydrogen (secondary N) is 1. The quantitative estimate of drug-likeness (QED) is 0.858. The van der Waals surface area contributed by atoms with Crippen LogP contribution in [0.25, 0.3) is 0 Å². The summed E-state index contributed by atoms with van der Waals surface area (Å²) >= 11 is 2.06. The van der Waals surface area contributed by atoms with Crippen molar-refractivity contribution in [3.05, 3.63) is 53.9 Å². The third-order valence-corrected chi connectivity index (χ3v) is 4.81. The van der Waals surface area contributed by atoms with Crippen LogP contribution in [0, 0.1) is 0 Å². The molecule has 2 aromatic rings. The van der Waals surface area contributed by atoms with E-state index in [-0.39, 0.29) is 0 Å². The normalized spacial score (nSPS) is 18.5. The van der Waals surface area contributed by atoms with E-state index in [0.717, 1.165) is 19.5 Å². The number of hydrogen-bond acceptors (Lipinski definition) is 3. The van der Waals surface area contributed by atoms with E-state index in [1.54, 1.807) is 0 Å². The Hall–Kier alpha value is -1.26. The van der Waals surface area contributed by atoms with Crippen molar-refractivity contribution in [3.8, 4) is 0 Å². The molecule has 0 radical (unpaired) electrons. The third kappa shape index (κ3) is 3.44. The lowest BCUT2D eigenvalue weighted by molar-refractivity contribution is 0.509. The summed E-state index contributed by atoms with van der Waals surface area (Å²) in [5.74, 6) is 2.42. The first kappa shape index (κ1) is 13.7. The molecule has 0 bridgehead atoms. The smallest absolute Gasteiger partial charge is 0.0489 e. The van der Waals surface area contributed by atoms with Gasteiger partial charge in [0.25, 0.3) is 0 Å². The standard InChI is InChI=1S/C16H21N3S/c1-2-6-15-14(5-1)7-12-20-13-16(15)17-8-3-10-19-11-4-9-18-19/h1-2,4-6,9,11,16-17H,3,7-8,10,12-13H2. The molecule has 4 heteroatoms. The first-order valence-corrected chi connectivity index (χ1v) is 8.45. The van der Waals surface area contributed by atoms with E-state index in [1.807, 2.05) is 23.1 Å². The van der Waals surface area contributed by atoms with Gasteiger partial charge < -0.3 is 5.32 Å². The molecule has 1 unspecified atom stereocenters. The summed E-state index contributed by atoms with van der Waals surface area (Å²) in [4.78, 5) is 0. The van der Waals surface area contributed by atoms with Gasteiger partial charge in [0.15, 0.2) is 0 Å². The molecule has 1 aliphatic rings. The van der Waals surface area contributed by atoms with Crippen molar-refractivity contribution in [3.63, 3.8) is 0 Å². The van der Waals surface area contributed by atoms with Crippen molar-refractivity contribution in [1.82, 2.24) is 15.1 Å². The van der Waals surface area contributed by atoms with Gasteiger partial charge in [-0.1, -0.05) is 24.3 Å². The predicted octanol–water partition coefficient (Wildman–Crippen LogP) is 2.89. The molecule has 2 heterocycles. The summed E-state index contributed by atoms with van der Waals surface area (Å²) in [6.45, 7) is 2.03. The Morgan fingerprint density at radius 2 is 2.25 bits per heavy atom. The fourth-order valence-electron chi connectivity index (χ4n) is 2.69. The monoisotopic (exact) mass is 287 g/mol. The van der Waals surface area contributed by atoms with Crippen LogP contribution in [0.4, 0.5) is 0 Å². The highest BCUT2D eigenvalue weighted by Crippen LogP contribution is 2.27. The minimum absolute atomic E-state index is 0.497. The maximum Gasteiger partial charge on any atom is 0.0489 e. The predicted molar refractivity (Wildman–Crippen MR) is 85.1 cm³/mol.